The Balaban J connectivity index is 3.90. The van der Waals surface area contributed by atoms with Crippen LogP contribution < -0.4 is 0 Å². The van der Waals surface area contributed by atoms with Crippen LogP contribution in [0, 0.1) is 34.6 Å². The standard InChI is InChI=1S/C18H20F10O2/c1-5-6-30-14(9(18(26,27)28)15(29)16(2,3)4)7-10(19)12(21)8(17(23,24)25)13(22)11(7)20/h9,14-15,29H,5-6H2,1-4H3. The first kappa shape index (κ1) is 26.5. The quantitative estimate of drug-likeness (QED) is 0.400. The summed E-state index contributed by atoms with van der Waals surface area (Å²) in [5.41, 5.74) is -6.49. The highest BCUT2D eigenvalue weighted by molar-refractivity contribution is 5.34. The number of aliphatic hydroxyl groups excluding tert-OH is 1. The SMILES string of the molecule is CCCOC(c1c(F)c(F)c(C(F)(F)F)c(F)c1F)C(C(O)C(C)(C)C)C(F)(F)F. The number of hydrogen-bond acceptors (Lipinski definition) is 2. The van der Waals surface area contributed by atoms with E-state index in [-0.39, 0.29) is 6.42 Å². The number of benzene rings is 1. The van der Waals surface area contributed by atoms with Crippen LogP contribution in [0.3, 0.4) is 0 Å². The van der Waals surface area contributed by atoms with Crippen LogP contribution >= 0.6 is 0 Å². The van der Waals surface area contributed by atoms with Crippen LogP contribution in [0.2, 0.25) is 0 Å². The monoisotopic (exact) mass is 458 g/mol. The van der Waals surface area contributed by atoms with Crippen LogP contribution in [0.25, 0.3) is 0 Å². The van der Waals surface area contributed by atoms with Gasteiger partial charge in [0.2, 0.25) is 0 Å². The van der Waals surface area contributed by atoms with Crippen molar-refractivity contribution < 1.29 is 53.7 Å². The zero-order valence-corrected chi connectivity index (χ0v) is 16.3. The molecule has 2 nitrogen and oxygen atoms in total. The number of hydrogen-bond donors (Lipinski definition) is 1. The Bertz CT molecular complexity index is 720. The fraction of sp³-hybridized carbons (Fsp3) is 0.667. The number of alkyl halides is 6. The molecular formula is C18H20F10O2. The zero-order valence-electron chi connectivity index (χ0n) is 16.3. The summed E-state index contributed by atoms with van der Waals surface area (Å²) in [6.45, 7) is 4.23. The normalized spacial score (nSPS) is 16.5. The summed E-state index contributed by atoms with van der Waals surface area (Å²) in [6.07, 6.45) is -16.5. The van der Waals surface area contributed by atoms with Gasteiger partial charge in [-0.25, -0.2) is 17.6 Å². The molecule has 0 bridgehead atoms. The van der Waals surface area contributed by atoms with Gasteiger partial charge in [-0.1, -0.05) is 27.7 Å². The average molecular weight is 458 g/mol. The maximum absolute atomic E-state index is 14.4. The molecular weight excluding hydrogens is 438 g/mol. The molecule has 1 rings (SSSR count). The zero-order chi connectivity index (χ0) is 23.8. The van der Waals surface area contributed by atoms with E-state index in [4.69, 9.17) is 4.74 Å². The maximum Gasteiger partial charge on any atom is 0.422 e. The van der Waals surface area contributed by atoms with E-state index in [2.05, 4.69) is 0 Å². The summed E-state index contributed by atoms with van der Waals surface area (Å²) < 4.78 is 141. The lowest BCUT2D eigenvalue weighted by molar-refractivity contribution is -0.248. The molecule has 1 aromatic carbocycles. The molecule has 0 fully saturated rings. The van der Waals surface area contributed by atoms with Gasteiger partial charge in [0.05, 0.1) is 11.7 Å². The second-order valence-corrected chi connectivity index (χ2v) is 7.71. The molecule has 0 saturated carbocycles. The molecule has 1 aromatic rings. The molecule has 0 aliphatic heterocycles. The minimum atomic E-state index is -5.86. The van der Waals surface area contributed by atoms with E-state index in [0.717, 1.165) is 20.8 Å². The average Bonchev–Trinajstić information content (AvgIpc) is 2.54. The predicted octanol–water partition coefficient (Wildman–Crippen LogP) is 6.32. The summed E-state index contributed by atoms with van der Waals surface area (Å²) in [6, 6.07) is 0. The lowest BCUT2D eigenvalue weighted by Gasteiger charge is -2.38. The fourth-order valence-electron chi connectivity index (χ4n) is 2.81. The molecule has 0 aliphatic rings. The van der Waals surface area contributed by atoms with Crippen molar-refractivity contribution >= 4 is 0 Å². The van der Waals surface area contributed by atoms with Crippen molar-refractivity contribution in [3.8, 4) is 0 Å². The maximum atomic E-state index is 14.4. The topological polar surface area (TPSA) is 29.5 Å². The second kappa shape index (κ2) is 8.89. The number of aliphatic hydroxyl groups is 1. The van der Waals surface area contributed by atoms with Crippen LogP contribution in [0.4, 0.5) is 43.9 Å². The Morgan fingerprint density at radius 2 is 1.27 bits per heavy atom. The Morgan fingerprint density at radius 3 is 1.57 bits per heavy atom. The summed E-state index contributed by atoms with van der Waals surface area (Å²) in [4.78, 5) is 0. The van der Waals surface area contributed by atoms with Gasteiger partial charge in [-0.3, -0.25) is 0 Å². The molecule has 30 heavy (non-hydrogen) atoms. The molecule has 0 saturated heterocycles. The molecule has 0 amide bonds. The molecule has 0 heterocycles. The van der Waals surface area contributed by atoms with Gasteiger partial charge in [-0.2, -0.15) is 26.3 Å². The van der Waals surface area contributed by atoms with Crippen molar-refractivity contribution in [1.82, 2.24) is 0 Å². The Labute approximate surface area is 165 Å². The van der Waals surface area contributed by atoms with Gasteiger partial charge < -0.3 is 9.84 Å². The van der Waals surface area contributed by atoms with E-state index in [0.29, 0.717) is 0 Å². The van der Waals surface area contributed by atoms with Crippen molar-refractivity contribution in [2.75, 3.05) is 6.61 Å². The minimum Gasteiger partial charge on any atom is -0.392 e. The highest BCUT2D eigenvalue weighted by Gasteiger charge is 2.55. The third kappa shape index (κ3) is 5.37. The van der Waals surface area contributed by atoms with Gasteiger partial charge in [0.25, 0.3) is 0 Å². The minimum absolute atomic E-state index is 0.0124. The van der Waals surface area contributed by atoms with Gasteiger partial charge in [0.1, 0.15) is 17.6 Å². The van der Waals surface area contributed by atoms with Crippen LogP contribution in [0.1, 0.15) is 51.3 Å². The predicted molar refractivity (Wildman–Crippen MR) is 85.3 cm³/mol. The van der Waals surface area contributed by atoms with Crippen molar-refractivity contribution in [3.05, 3.63) is 34.4 Å². The molecule has 0 radical (unpaired) electrons. The van der Waals surface area contributed by atoms with E-state index >= 15 is 0 Å². The van der Waals surface area contributed by atoms with Gasteiger partial charge in [-0.15, -0.1) is 0 Å². The largest absolute Gasteiger partial charge is 0.422 e. The van der Waals surface area contributed by atoms with E-state index in [9.17, 15) is 49.0 Å². The first-order valence-electron chi connectivity index (χ1n) is 8.66. The molecule has 3 atom stereocenters. The molecule has 1 N–H and O–H groups in total. The molecule has 0 aromatic heterocycles. The van der Waals surface area contributed by atoms with Gasteiger partial charge >= 0.3 is 12.4 Å². The van der Waals surface area contributed by atoms with Crippen molar-refractivity contribution in [3.63, 3.8) is 0 Å². The first-order valence-corrected chi connectivity index (χ1v) is 8.66. The van der Waals surface area contributed by atoms with Crippen LogP contribution in [-0.2, 0) is 10.9 Å². The Hall–Kier alpha value is -1.56. The van der Waals surface area contributed by atoms with Crippen LogP contribution in [0.5, 0.6) is 0 Å². The van der Waals surface area contributed by atoms with E-state index < -0.39 is 76.9 Å². The van der Waals surface area contributed by atoms with E-state index in [1.165, 1.54) is 6.92 Å². The Kier molecular flexibility index (Phi) is 7.85. The third-order valence-corrected chi connectivity index (χ3v) is 4.30. The number of halogens is 10. The molecule has 0 aliphatic carbocycles. The van der Waals surface area contributed by atoms with E-state index in [1.807, 2.05) is 0 Å². The second-order valence-electron chi connectivity index (χ2n) is 7.71. The summed E-state index contributed by atoms with van der Waals surface area (Å²) in [5.74, 6) is -14.3. The lowest BCUT2D eigenvalue weighted by Crippen LogP contribution is -2.46. The third-order valence-electron chi connectivity index (χ3n) is 4.30. The lowest BCUT2D eigenvalue weighted by atomic mass is 9.76. The number of ether oxygens (including phenoxy) is 1. The van der Waals surface area contributed by atoms with Crippen LogP contribution in [-0.4, -0.2) is 24.0 Å². The van der Waals surface area contributed by atoms with Crippen molar-refractivity contribution in [1.29, 1.82) is 0 Å². The first-order chi connectivity index (χ1) is 13.4. The van der Waals surface area contributed by atoms with Gasteiger partial charge in [-0.05, 0) is 11.8 Å². The highest BCUT2D eigenvalue weighted by Crippen LogP contribution is 2.48. The number of rotatable bonds is 6. The van der Waals surface area contributed by atoms with Crippen molar-refractivity contribution in [2.45, 2.75) is 58.7 Å². The van der Waals surface area contributed by atoms with Gasteiger partial charge in [0, 0.05) is 6.61 Å². The fourth-order valence-corrected chi connectivity index (χ4v) is 2.81. The Morgan fingerprint density at radius 1 is 0.833 bits per heavy atom. The van der Waals surface area contributed by atoms with Gasteiger partial charge in [0.15, 0.2) is 23.3 Å². The molecule has 12 heteroatoms. The van der Waals surface area contributed by atoms with E-state index in [1.54, 1.807) is 0 Å². The summed E-state index contributed by atoms with van der Waals surface area (Å²) in [7, 11) is 0. The van der Waals surface area contributed by atoms with Crippen molar-refractivity contribution in [2.24, 2.45) is 11.3 Å². The smallest absolute Gasteiger partial charge is 0.392 e. The molecule has 0 spiro atoms. The van der Waals surface area contributed by atoms with Crippen LogP contribution in [0.15, 0.2) is 0 Å². The highest BCUT2D eigenvalue weighted by atomic mass is 19.4. The molecule has 174 valence electrons. The summed E-state index contributed by atoms with van der Waals surface area (Å²) in [5, 5.41) is 10.2. The molecule has 3 unspecified atom stereocenters. The summed E-state index contributed by atoms with van der Waals surface area (Å²) >= 11 is 0.